The molecule has 0 spiro atoms. The molecule has 2 fully saturated rings. The van der Waals surface area contributed by atoms with Gasteiger partial charge in [0.05, 0.1) is 6.04 Å². The summed E-state index contributed by atoms with van der Waals surface area (Å²) in [6, 6.07) is 11.2. The highest BCUT2D eigenvalue weighted by Crippen LogP contribution is 2.33. The Bertz CT molecular complexity index is 505. The lowest BCUT2D eigenvalue weighted by molar-refractivity contribution is -0.122. The van der Waals surface area contributed by atoms with E-state index >= 15 is 0 Å². The molecule has 2 N–H and O–H groups in total. The molecule has 1 aromatic rings. The molecule has 4 nitrogen and oxygen atoms in total. The van der Waals surface area contributed by atoms with Crippen LogP contribution >= 0.6 is 0 Å². The zero-order chi connectivity index (χ0) is 16.2. The summed E-state index contributed by atoms with van der Waals surface area (Å²) in [4.78, 5) is 14.7. The smallest absolute Gasteiger partial charge is 0.237 e. The van der Waals surface area contributed by atoms with E-state index in [2.05, 4.69) is 41.6 Å². The largest absolute Gasteiger partial charge is 0.370 e. The SMILES string of the molecule is CC(CNC(=O)C1CC2CCCCC2N1)N(C)c1ccccc1. The molecule has 1 saturated carbocycles. The van der Waals surface area contributed by atoms with Crippen LogP contribution in [0.15, 0.2) is 30.3 Å². The van der Waals surface area contributed by atoms with Gasteiger partial charge in [-0.1, -0.05) is 31.0 Å². The van der Waals surface area contributed by atoms with Gasteiger partial charge in [-0.15, -0.1) is 0 Å². The van der Waals surface area contributed by atoms with E-state index in [1.54, 1.807) is 0 Å². The number of nitrogens with zero attached hydrogens (tertiary/aromatic N) is 1. The molecule has 1 aliphatic heterocycles. The average Bonchev–Trinajstić information content (AvgIpc) is 3.03. The summed E-state index contributed by atoms with van der Waals surface area (Å²) < 4.78 is 0. The number of para-hydroxylation sites is 1. The number of benzene rings is 1. The van der Waals surface area contributed by atoms with E-state index in [1.807, 2.05) is 18.2 Å². The Morgan fingerprint density at radius 3 is 2.78 bits per heavy atom. The van der Waals surface area contributed by atoms with Gasteiger partial charge in [0, 0.05) is 31.4 Å². The van der Waals surface area contributed by atoms with Gasteiger partial charge in [-0.3, -0.25) is 4.79 Å². The fraction of sp³-hybridized carbons (Fsp3) is 0.632. The van der Waals surface area contributed by atoms with Crippen LogP contribution in [-0.2, 0) is 4.79 Å². The highest BCUT2D eigenvalue weighted by molar-refractivity contribution is 5.82. The number of carbonyl (C=O) groups is 1. The van der Waals surface area contributed by atoms with Crippen LogP contribution in [0.4, 0.5) is 5.69 Å². The molecule has 126 valence electrons. The Morgan fingerprint density at radius 2 is 2.04 bits per heavy atom. The number of fused-ring (bicyclic) bond motifs is 1. The molecule has 4 heteroatoms. The van der Waals surface area contributed by atoms with Crippen molar-refractivity contribution in [2.45, 2.75) is 57.2 Å². The molecule has 2 aliphatic rings. The summed E-state index contributed by atoms with van der Waals surface area (Å²) in [5, 5.41) is 6.69. The van der Waals surface area contributed by atoms with Gasteiger partial charge in [0.2, 0.25) is 5.91 Å². The van der Waals surface area contributed by atoms with Crippen LogP contribution in [0.3, 0.4) is 0 Å². The maximum absolute atomic E-state index is 12.5. The summed E-state index contributed by atoms with van der Waals surface area (Å²) in [6.45, 7) is 2.83. The maximum Gasteiger partial charge on any atom is 0.237 e. The van der Waals surface area contributed by atoms with Crippen molar-refractivity contribution in [2.24, 2.45) is 5.92 Å². The molecule has 1 aromatic carbocycles. The first-order valence-corrected chi connectivity index (χ1v) is 8.97. The Balaban J connectivity index is 1.47. The van der Waals surface area contributed by atoms with Gasteiger partial charge in [-0.2, -0.15) is 0 Å². The third-order valence-electron chi connectivity index (χ3n) is 5.58. The minimum Gasteiger partial charge on any atom is -0.370 e. The van der Waals surface area contributed by atoms with Gasteiger partial charge in [-0.25, -0.2) is 0 Å². The van der Waals surface area contributed by atoms with Crippen LogP contribution in [0.1, 0.15) is 39.0 Å². The summed E-state index contributed by atoms with van der Waals surface area (Å²) in [7, 11) is 2.08. The van der Waals surface area contributed by atoms with Crippen molar-refractivity contribution < 1.29 is 4.79 Å². The molecule has 1 aliphatic carbocycles. The molecule has 23 heavy (non-hydrogen) atoms. The van der Waals surface area contributed by atoms with E-state index in [1.165, 1.54) is 31.4 Å². The predicted molar refractivity (Wildman–Crippen MR) is 94.6 cm³/mol. The number of anilines is 1. The van der Waals surface area contributed by atoms with Gasteiger partial charge in [0.15, 0.2) is 0 Å². The van der Waals surface area contributed by atoms with Crippen molar-refractivity contribution >= 4 is 11.6 Å². The van der Waals surface area contributed by atoms with Crippen LogP contribution in [0.25, 0.3) is 0 Å². The van der Waals surface area contributed by atoms with Crippen LogP contribution in [-0.4, -0.2) is 37.6 Å². The first-order chi connectivity index (χ1) is 11.1. The van der Waals surface area contributed by atoms with Crippen molar-refractivity contribution in [1.82, 2.24) is 10.6 Å². The summed E-state index contributed by atoms with van der Waals surface area (Å²) in [6.07, 6.45) is 6.17. The van der Waals surface area contributed by atoms with Crippen LogP contribution in [0, 0.1) is 5.92 Å². The standard InChI is InChI=1S/C19H29N3O/c1-14(22(2)16-9-4-3-5-10-16)13-20-19(23)18-12-15-8-6-7-11-17(15)21-18/h3-5,9-10,14-15,17-18,21H,6-8,11-13H2,1-2H3,(H,20,23). The fourth-order valence-electron chi connectivity index (χ4n) is 3.95. The molecule has 1 saturated heterocycles. The van der Waals surface area contributed by atoms with E-state index in [0.29, 0.717) is 18.5 Å². The van der Waals surface area contributed by atoms with Gasteiger partial charge >= 0.3 is 0 Å². The van der Waals surface area contributed by atoms with Gasteiger partial charge in [-0.05, 0) is 44.2 Å². The summed E-state index contributed by atoms with van der Waals surface area (Å²) >= 11 is 0. The number of nitrogens with one attached hydrogen (secondary N) is 2. The molecule has 1 heterocycles. The average molecular weight is 315 g/mol. The minimum atomic E-state index is 0.0114. The molecule has 3 rings (SSSR count). The van der Waals surface area contributed by atoms with E-state index in [4.69, 9.17) is 0 Å². The second-order valence-corrected chi connectivity index (χ2v) is 7.15. The Kier molecular flexibility index (Phi) is 5.21. The topological polar surface area (TPSA) is 44.4 Å². The van der Waals surface area contributed by atoms with E-state index in [0.717, 1.165) is 6.42 Å². The number of rotatable bonds is 5. The van der Waals surface area contributed by atoms with E-state index in [9.17, 15) is 4.79 Å². The Morgan fingerprint density at radius 1 is 1.30 bits per heavy atom. The monoisotopic (exact) mass is 315 g/mol. The minimum absolute atomic E-state index is 0.0114. The summed E-state index contributed by atoms with van der Waals surface area (Å²) in [5.41, 5.74) is 1.18. The molecule has 0 aromatic heterocycles. The quantitative estimate of drug-likeness (QED) is 0.878. The fourth-order valence-corrected chi connectivity index (χ4v) is 3.95. The van der Waals surface area contributed by atoms with Crippen molar-refractivity contribution in [3.63, 3.8) is 0 Å². The van der Waals surface area contributed by atoms with Crippen LogP contribution in [0.5, 0.6) is 0 Å². The van der Waals surface area contributed by atoms with Gasteiger partial charge < -0.3 is 15.5 Å². The highest BCUT2D eigenvalue weighted by Gasteiger charge is 2.38. The van der Waals surface area contributed by atoms with E-state index < -0.39 is 0 Å². The van der Waals surface area contributed by atoms with Crippen molar-refractivity contribution in [3.8, 4) is 0 Å². The normalized spacial score (nSPS) is 28.0. The van der Waals surface area contributed by atoms with Gasteiger partial charge in [0.1, 0.15) is 0 Å². The van der Waals surface area contributed by atoms with Crippen molar-refractivity contribution in [1.29, 1.82) is 0 Å². The zero-order valence-electron chi connectivity index (χ0n) is 14.3. The molecule has 4 unspecified atom stereocenters. The number of carbonyl (C=O) groups excluding carboxylic acids is 1. The van der Waals surface area contributed by atoms with Crippen LogP contribution in [0.2, 0.25) is 0 Å². The Labute approximate surface area is 139 Å². The van der Waals surface area contributed by atoms with Crippen molar-refractivity contribution in [3.05, 3.63) is 30.3 Å². The van der Waals surface area contributed by atoms with Crippen LogP contribution < -0.4 is 15.5 Å². The van der Waals surface area contributed by atoms with Crippen molar-refractivity contribution in [2.75, 3.05) is 18.5 Å². The first kappa shape index (κ1) is 16.3. The first-order valence-electron chi connectivity index (χ1n) is 8.97. The third kappa shape index (κ3) is 3.86. The maximum atomic E-state index is 12.5. The Hall–Kier alpha value is -1.55. The number of hydrogen-bond acceptors (Lipinski definition) is 3. The third-order valence-corrected chi connectivity index (χ3v) is 5.58. The number of likely N-dealkylation sites (N-methyl/N-ethyl adjacent to an activating group) is 1. The molecular formula is C19H29N3O. The second-order valence-electron chi connectivity index (χ2n) is 7.15. The molecular weight excluding hydrogens is 286 g/mol. The predicted octanol–water partition coefficient (Wildman–Crippen LogP) is 2.55. The lowest BCUT2D eigenvalue weighted by Gasteiger charge is -2.27. The molecule has 0 radical (unpaired) electrons. The number of hydrogen-bond donors (Lipinski definition) is 2. The van der Waals surface area contributed by atoms with E-state index in [-0.39, 0.29) is 18.0 Å². The summed E-state index contributed by atoms with van der Waals surface area (Å²) in [5.74, 6) is 0.886. The lowest BCUT2D eigenvalue weighted by atomic mass is 9.85. The zero-order valence-corrected chi connectivity index (χ0v) is 14.3. The lowest BCUT2D eigenvalue weighted by Crippen LogP contribution is -2.47. The molecule has 1 amide bonds. The van der Waals surface area contributed by atoms with Gasteiger partial charge in [0.25, 0.3) is 0 Å². The number of amides is 1. The highest BCUT2D eigenvalue weighted by atomic mass is 16.2. The second kappa shape index (κ2) is 7.35. The molecule has 0 bridgehead atoms. The molecule has 4 atom stereocenters.